The first kappa shape index (κ1) is 18.3. The number of fused-ring (bicyclic) bond motifs is 1. The van der Waals surface area contributed by atoms with Crippen molar-refractivity contribution in [3.05, 3.63) is 29.8 Å². The third-order valence-electron chi connectivity index (χ3n) is 3.87. The maximum Gasteiger partial charge on any atom is 0.417 e. The van der Waals surface area contributed by atoms with Crippen LogP contribution < -0.4 is 15.4 Å². The molecule has 0 bridgehead atoms. The van der Waals surface area contributed by atoms with Gasteiger partial charge < -0.3 is 15.2 Å². The van der Waals surface area contributed by atoms with Crippen molar-refractivity contribution >= 4 is 17.9 Å². The molecule has 2 N–H and O–H groups in total. The first-order valence-corrected chi connectivity index (χ1v) is 8.49. The smallest absolute Gasteiger partial charge is 0.417 e. The standard InChI is InChI=1S/C19H28N2O3/c1-6-13-10-11-15-17(14(13)9-8-12-20)23-16(7-2)21(15)18(22)24-19(3,4)5/h6,10-11,16H,1,7-9,12,20H2,2-5H3. The summed E-state index contributed by atoms with van der Waals surface area (Å²) >= 11 is 0. The zero-order valence-electron chi connectivity index (χ0n) is 15.1. The van der Waals surface area contributed by atoms with Gasteiger partial charge in [0.05, 0.1) is 5.69 Å². The van der Waals surface area contributed by atoms with Gasteiger partial charge in [-0.25, -0.2) is 9.69 Å². The summed E-state index contributed by atoms with van der Waals surface area (Å²) in [5, 5.41) is 0. The summed E-state index contributed by atoms with van der Waals surface area (Å²) in [5.74, 6) is 0.749. The van der Waals surface area contributed by atoms with Gasteiger partial charge in [0, 0.05) is 12.0 Å². The van der Waals surface area contributed by atoms with Crippen LogP contribution in [0.4, 0.5) is 10.5 Å². The zero-order chi connectivity index (χ0) is 17.9. The van der Waals surface area contributed by atoms with Crippen LogP contribution in [0.25, 0.3) is 6.08 Å². The molecule has 0 radical (unpaired) electrons. The Hall–Kier alpha value is -2.01. The third kappa shape index (κ3) is 3.73. The Morgan fingerprint density at radius 2 is 2.17 bits per heavy atom. The van der Waals surface area contributed by atoms with E-state index in [1.165, 1.54) is 0 Å². The highest BCUT2D eigenvalue weighted by molar-refractivity contribution is 5.93. The number of nitrogens with two attached hydrogens (primary N) is 1. The minimum absolute atomic E-state index is 0.355. The van der Waals surface area contributed by atoms with Crippen molar-refractivity contribution in [2.75, 3.05) is 11.4 Å². The van der Waals surface area contributed by atoms with Gasteiger partial charge in [0.15, 0.2) is 6.23 Å². The van der Waals surface area contributed by atoms with E-state index in [-0.39, 0.29) is 12.3 Å². The summed E-state index contributed by atoms with van der Waals surface area (Å²) in [6.07, 6.45) is 3.39. The Labute approximate surface area is 144 Å². The fourth-order valence-electron chi connectivity index (χ4n) is 2.82. The molecule has 1 aliphatic rings. The fraction of sp³-hybridized carbons (Fsp3) is 0.526. The van der Waals surface area contributed by atoms with Crippen LogP contribution in [0, 0.1) is 0 Å². The average Bonchev–Trinajstić information content (AvgIpc) is 2.89. The Morgan fingerprint density at radius 1 is 1.46 bits per heavy atom. The number of benzene rings is 1. The van der Waals surface area contributed by atoms with Crippen LogP contribution in [0.3, 0.4) is 0 Å². The first-order chi connectivity index (χ1) is 11.3. The summed E-state index contributed by atoms with van der Waals surface area (Å²) < 4.78 is 11.7. The summed E-state index contributed by atoms with van der Waals surface area (Å²) in [7, 11) is 0. The molecule has 0 spiro atoms. The van der Waals surface area contributed by atoms with Crippen molar-refractivity contribution in [2.24, 2.45) is 5.73 Å². The lowest BCUT2D eigenvalue weighted by Crippen LogP contribution is -2.42. The molecular weight excluding hydrogens is 304 g/mol. The molecule has 0 saturated carbocycles. The number of hydrogen-bond acceptors (Lipinski definition) is 4. The molecule has 2 rings (SSSR count). The third-order valence-corrected chi connectivity index (χ3v) is 3.87. The molecule has 132 valence electrons. The second-order valence-electron chi connectivity index (χ2n) is 6.91. The molecule has 1 unspecified atom stereocenters. The molecule has 5 heteroatoms. The normalized spacial score (nSPS) is 16.5. The summed E-state index contributed by atoms with van der Waals surface area (Å²) in [6, 6.07) is 3.87. The molecule has 1 aromatic carbocycles. The van der Waals surface area contributed by atoms with E-state index >= 15 is 0 Å². The Morgan fingerprint density at radius 3 is 2.71 bits per heavy atom. The van der Waals surface area contributed by atoms with E-state index in [1.54, 1.807) is 4.90 Å². The van der Waals surface area contributed by atoms with Crippen LogP contribution in [0.5, 0.6) is 5.75 Å². The minimum Gasteiger partial charge on any atom is -0.467 e. The van der Waals surface area contributed by atoms with Gasteiger partial charge in [-0.3, -0.25) is 0 Å². The number of hydrogen-bond donors (Lipinski definition) is 1. The van der Waals surface area contributed by atoms with Crippen molar-refractivity contribution in [3.63, 3.8) is 0 Å². The largest absolute Gasteiger partial charge is 0.467 e. The molecule has 0 aliphatic carbocycles. The van der Waals surface area contributed by atoms with Gasteiger partial charge >= 0.3 is 6.09 Å². The maximum atomic E-state index is 12.7. The van der Waals surface area contributed by atoms with E-state index in [9.17, 15) is 4.79 Å². The second kappa shape index (κ2) is 7.26. The topological polar surface area (TPSA) is 64.8 Å². The number of rotatable bonds is 5. The average molecular weight is 332 g/mol. The van der Waals surface area contributed by atoms with E-state index in [1.807, 2.05) is 45.9 Å². The van der Waals surface area contributed by atoms with E-state index in [0.29, 0.717) is 13.0 Å². The molecular formula is C19H28N2O3. The molecule has 0 fully saturated rings. The van der Waals surface area contributed by atoms with Crippen LogP contribution in [-0.2, 0) is 11.2 Å². The summed E-state index contributed by atoms with van der Waals surface area (Å²) in [6.45, 7) is 12.0. The van der Waals surface area contributed by atoms with E-state index in [0.717, 1.165) is 35.4 Å². The highest BCUT2D eigenvalue weighted by Crippen LogP contribution is 2.43. The van der Waals surface area contributed by atoms with Crippen molar-refractivity contribution < 1.29 is 14.3 Å². The van der Waals surface area contributed by atoms with Crippen LogP contribution in [0.15, 0.2) is 18.7 Å². The van der Waals surface area contributed by atoms with Gasteiger partial charge in [0.1, 0.15) is 11.4 Å². The molecule has 24 heavy (non-hydrogen) atoms. The van der Waals surface area contributed by atoms with Gasteiger partial charge in [-0.2, -0.15) is 0 Å². The van der Waals surface area contributed by atoms with Crippen LogP contribution in [0.2, 0.25) is 0 Å². The lowest BCUT2D eigenvalue weighted by molar-refractivity contribution is 0.0521. The predicted molar refractivity (Wildman–Crippen MR) is 97.3 cm³/mol. The molecule has 5 nitrogen and oxygen atoms in total. The van der Waals surface area contributed by atoms with E-state index in [4.69, 9.17) is 15.2 Å². The quantitative estimate of drug-likeness (QED) is 0.882. The van der Waals surface area contributed by atoms with Gasteiger partial charge in [0.25, 0.3) is 0 Å². The van der Waals surface area contributed by atoms with Gasteiger partial charge in [-0.05, 0) is 51.8 Å². The van der Waals surface area contributed by atoms with Crippen molar-refractivity contribution in [1.82, 2.24) is 0 Å². The number of ether oxygens (including phenoxy) is 2. The monoisotopic (exact) mass is 332 g/mol. The van der Waals surface area contributed by atoms with E-state index < -0.39 is 5.60 Å². The van der Waals surface area contributed by atoms with Crippen molar-refractivity contribution in [1.29, 1.82) is 0 Å². The molecule has 1 atom stereocenters. The zero-order valence-corrected chi connectivity index (χ0v) is 15.1. The molecule has 1 aliphatic heterocycles. The highest BCUT2D eigenvalue weighted by atomic mass is 16.6. The molecule has 1 aromatic rings. The SMILES string of the molecule is C=Cc1ccc2c(c1CCCN)OC(CC)N2C(=O)OC(C)(C)C. The molecule has 0 aromatic heterocycles. The number of amides is 1. The summed E-state index contributed by atoms with van der Waals surface area (Å²) in [4.78, 5) is 14.3. The van der Waals surface area contributed by atoms with Gasteiger partial charge in [-0.1, -0.05) is 25.6 Å². The van der Waals surface area contributed by atoms with Crippen LogP contribution in [-0.4, -0.2) is 24.5 Å². The number of nitrogens with zero attached hydrogens (tertiary/aromatic N) is 1. The van der Waals surface area contributed by atoms with Gasteiger partial charge in [0.2, 0.25) is 0 Å². The Bertz CT molecular complexity index is 620. The molecule has 1 heterocycles. The Kier molecular flexibility index (Phi) is 5.54. The Balaban J connectivity index is 2.44. The minimum atomic E-state index is -0.554. The van der Waals surface area contributed by atoms with Crippen molar-refractivity contribution in [2.45, 2.75) is 58.8 Å². The first-order valence-electron chi connectivity index (χ1n) is 8.49. The lowest BCUT2D eigenvalue weighted by atomic mass is 10.0. The highest BCUT2D eigenvalue weighted by Gasteiger charge is 2.38. The molecule has 1 amide bonds. The lowest BCUT2D eigenvalue weighted by Gasteiger charge is -2.27. The molecule has 0 saturated heterocycles. The van der Waals surface area contributed by atoms with Crippen LogP contribution >= 0.6 is 0 Å². The summed E-state index contributed by atoms with van der Waals surface area (Å²) in [5.41, 5.74) is 7.93. The second-order valence-corrected chi connectivity index (χ2v) is 6.91. The maximum absolute atomic E-state index is 12.7. The fourth-order valence-corrected chi connectivity index (χ4v) is 2.82. The number of carbonyl (C=O) groups excluding carboxylic acids is 1. The van der Waals surface area contributed by atoms with Gasteiger partial charge in [-0.15, -0.1) is 0 Å². The number of anilines is 1. The van der Waals surface area contributed by atoms with Crippen LogP contribution in [0.1, 0.15) is 51.7 Å². The predicted octanol–water partition coefficient (Wildman–Crippen LogP) is 4.09. The van der Waals surface area contributed by atoms with E-state index in [2.05, 4.69) is 6.58 Å². The van der Waals surface area contributed by atoms with Crippen molar-refractivity contribution in [3.8, 4) is 5.75 Å². The number of carbonyl (C=O) groups is 1.